The number of nitrogens with one attached hydrogen (secondary N) is 1. The van der Waals surface area contributed by atoms with E-state index in [1.165, 1.54) is 24.5 Å². The van der Waals surface area contributed by atoms with Crippen LogP contribution in [-0.2, 0) is 11.0 Å². The number of carbonyl (C=O) groups excluding carboxylic acids is 1. The predicted molar refractivity (Wildman–Crippen MR) is 77.2 cm³/mol. The molecule has 2 rings (SSSR count). The van der Waals surface area contributed by atoms with Gasteiger partial charge in [0.1, 0.15) is 11.8 Å². The lowest BCUT2D eigenvalue weighted by Gasteiger charge is -2.12. The largest absolute Gasteiger partial charge is 0.467 e. The molecule has 1 amide bonds. The summed E-state index contributed by atoms with van der Waals surface area (Å²) in [7, 11) is 0. The molecule has 0 radical (unpaired) electrons. The molecular formula is C16H14F3NO3. The van der Waals surface area contributed by atoms with E-state index in [4.69, 9.17) is 4.42 Å². The van der Waals surface area contributed by atoms with Gasteiger partial charge in [-0.2, -0.15) is 13.2 Å². The van der Waals surface area contributed by atoms with E-state index in [0.29, 0.717) is 5.76 Å². The van der Waals surface area contributed by atoms with Gasteiger partial charge in [0.2, 0.25) is 5.91 Å². The molecule has 1 atom stereocenters. The third kappa shape index (κ3) is 4.72. The maximum Gasteiger partial charge on any atom is 0.416 e. The van der Waals surface area contributed by atoms with Crippen LogP contribution in [0.15, 0.2) is 53.2 Å². The zero-order valence-electron chi connectivity index (χ0n) is 11.9. The monoisotopic (exact) mass is 325 g/mol. The van der Waals surface area contributed by atoms with Gasteiger partial charge in [0.25, 0.3) is 0 Å². The van der Waals surface area contributed by atoms with E-state index in [0.717, 1.165) is 18.2 Å². The van der Waals surface area contributed by atoms with Crippen molar-refractivity contribution in [2.45, 2.75) is 12.2 Å². The van der Waals surface area contributed by atoms with E-state index in [2.05, 4.69) is 5.32 Å². The molecular weight excluding hydrogens is 311 g/mol. The normalized spacial score (nSPS) is 13.2. The third-order valence-corrected chi connectivity index (χ3v) is 3.03. The second-order valence-corrected chi connectivity index (χ2v) is 4.72. The van der Waals surface area contributed by atoms with E-state index in [9.17, 15) is 23.1 Å². The van der Waals surface area contributed by atoms with E-state index in [-0.39, 0.29) is 12.2 Å². The number of hydrogen-bond donors (Lipinski definition) is 2. The van der Waals surface area contributed by atoms with Gasteiger partial charge in [-0.25, -0.2) is 0 Å². The van der Waals surface area contributed by atoms with Crippen LogP contribution in [0.5, 0.6) is 0 Å². The molecule has 23 heavy (non-hydrogen) atoms. The molecule has 0 saturated carbocycles. The molecule has 122 valence electrons. The van der Waals surface area contributed by atoms with E-state index >= 15 is 0 Å². The van der Waals surface area contributed by atoms with Crippen LogP contribution >= 0.6 is 0 Å². The van der Waals surface area contributed by atoms with Gasteiger partial charge in [-0.15, -0.1) is 0 Å². The van der Waals surface area contributed by atoms with E-state index in [1.807, 2.05) is 0 Å². The minimum Gasteiger partial charge on any atom is -0.467 e. The van der Waals surface area contributed by atoms with Crippen molar-refractivity contribution in [3.8, 4) is 0 Å². The Balaban J connectivity index is 2.04. The van der Waals surface area contributed by atoms with Crippen molar-refractivity contribution in [2.24, 2.45) is 0 Å². The highest BCUT2D eigenvalue weighted by Gasteiger charge is 2.30. The summed E-state index contributed by atoms with van der Waals surface area (Å²) in [6.07, 6.45) is -0.668. The second kappa shape index (κ2) is 7.15. The van der Waals surface area contributed by atoms with Gasteiger partial charge < -0.3 is 14.8 Å². The average Bonchev–Trinajstić information content (AvgIpc) is 3.04. The number of benzene rings is 1. The van der Waals surface area contributed by atoms with Crippen LogP contribution in [0.1, 0.15) is 22.9 Å². The van der Waals surface area contributed by atoms with Crippen LogP contribution in [0.3, 0.4) is 0 Å². The molecule has 1 aromatic carbocycles. The summed E-state index contributed by atoms with van der Waals surface area (Å²) in [5.74, 6) is -0.175. The van der Waals surface area contributed by atoms with Gasteiger partial charge in [-0.05, 0) is 35.9 Å². The molecule has 0 saturated heterocycles. The number of rotatable bonds is 5. The smallest absolute Gasteiger partial charge is 0.416 e. The Morgan fingerprint density at radius 3 is 2.70 bits per heavy atom. The van der Waals surface area contributed by atoms with Crippen LogP contribution < -0.4 is 5.32 Å². The number of carbonyl (C=O) groups is 1. The Morgan fingerprint density at radius 1 is 1.30 bits per heavy atom. The summed E-state index contributed by atoms with van der Waals surface area (Å²) in [5, 5.41) is 11.7. The minimum atomic E-state index is -4.44. The van der Waals surface area contributed by atoms with Crippen molar-refractivity contribution in [1.82, 2.24) is 5.32 Å². The van der Waals surface area contributed by atoms with Crippen molar-refractivity contribution in [3.63, 3.8) is 0 Å². The molecule has 4 nitrogen and oxygen atoms in total. The Hall–Kier alpha value is -2.54. The second-order valence-electron chi connectivity index (χ2n) is 4.72. The maximum atomic E-state index is 12.6. The lowest BCUT2D eigenvalue weighted by Crippen LogP contribution is -2.28. The number of amides is 1. The Labute approximate surface area is 130 Å². The van der Waals surface area contributed by atoms with Crippen molar-refractivity contribution in [2.75, 3.05) is 6.61 Å². The molecule has 0 aliphatic rings. The van der Waals surface area contributed by atoms with Gasteiger partial charge in [0.15, 0.2) is 0 Å². The third-order valence-electron chi connectivity index (χ3n) is 3.03. The van der Waals surface area contributed by atoms with E-state index < -0.39 is 23.7 Å². The quantitative estimate of drug-likeness (QED) is 0.830. The predicted octanol–water partition coefficient (Wildman–Crippen LogP) is 3.16. The Morgan fingerprint density at radius 2 is 2.09 bits per heavy atom. The average molecular weight is 325 g/mol. The van der Waals surface area contributed by atoms with Crippen LogP contribution in [0.2, 0.25) is 0 Å². The fourth-order valence-electron chi connectivity index (χ4n) is 1.91. The number of aliphatic hydroxyl groups is 1. The first kappa shape index (κ1) is 16.8. The number of hydrogen-bond acceptors (Lipinski definition) is 3. The fraction of sp³-hybridized carbons (Fsp3) is 0.188. The molecule has 2 aromatic rings. The minimum absolute atomic E-state index is 0.244. The maximum absolute atomic E-state index is 12.6. The number of halogens is 3. The molecule has 2 N–H and O–H groups in total. The van der Waals surface area contributed by atoms with Gasteiger partial charge in [-0.3, -0.25) is 4.79 Å². The highest BCUT2D eigenvalue weighted by atomic mass is 19.4. The molecule has 0 bridgehead atoms. The molecule has 1 aromatic heterocycles. The van der Waals surface area contributed by atoms with Crippen LogP contribution in [0.25, 0.3) is 6.08 Å². The Kier molecular flexibility index (Phi) is 5.23. The molecule has 0 spiro atoms. The fourth-order valence-corrected chi connectivity index (χ4v) is 1.91. The standard InChI is InChI=1S/C16H14F3NO3/c17-16(18,19)12-4-1-3-11(9-12)6-7-15(22)20-13(10-21)14-5-2-8-23-14/h1-9,13,21H,10H2,(H,20,22)/b7-6+. The highest BCUT2D eigenvalue weighted by molar-refractivity contribution is 5.92. The van der Waals surface area contributed by atoms with Crippen molar-refractivity contribution >= 4 is 12.0 Å². The summed E-state index contributed by atoms with van der Waals surface area (Å²) in [6.45, 7) is -0.364. The number of alkyl halides is 3. The zero-order chi connectivity index (χ0) is 16.9. The topological polar surface area (TPSA) is 62.5 Å². The Bertz CT molecular complexity index is 678. The molecule has 1 unspecified atom stereocenters. The van der Waals surface area contributed by atoms with Crippen LogP contribution in [0.4, 0.5) is 13.2 Å². The number of furan rings is 1. The lowest BCUT2D eigenvalue weighted by atomic mass is 10.1. The summed E-state index contributed by atoms with van der Waals surface area (Å²) >= 11 is 0. The zero-order valence-corrected chi connectivity index (χ0v) is 11.9. The molecule has 0 fully saturated rings. The van der Waals surface area contributed by atoms with Crippen molar-refractivity contribution in [1.29, 1.82) is 0 Å². The van der Waals surface area contributed by atoms with Crippen molar-refractivity contribution in [3.05, 3.63) is 65.6 Å². The van der Waals surface area contributed by atoms with Gasteiger partial charge in [0, 0.05) is 6.08 Å². The first-order chi connectivity index (χ1) is 10.9. The van der Waals surface area contributed by atoms with Gasteiger partial charge in [0.05, 0.1) is 18.4 Å². The van der Waals surface area contributed by atoms with E-state index in [1.54, 1.807) is 12.1 Å². The molecule has 0 aliphatic heterocycles. The highest BCUT2D eigenvalue weighted by Crippen LogP contribution is 2.29. The van der Waals surface area contributed by atoms with Gasteiger partial charge in [-0.1, -0.05) is 12.1 Å². The van der Waals surface area contributed by atoms with Gasteiger partial charge >= 0.3 is 6.18 Å². The first-order valence-corrected chi connectivity index (χ1v) is 6.70. The SMILES string of the molecule is O=C(/C=C/c1cccc(C(F)(F)F)c1)NC(CO)c1ccco1. The van der Waals surface area contributed by atoms with Crippen molar-refractivity contribution < 1.29 is 27.5 Å². The summed E-state index contributed by atoms with van der Waals surface area (Å²) in [5.41, 5.74) is -0.544. The summed E-state index contributed by atoms with van der Waals surface area (Å²) < 4.78 is 42.9. The van der Waals surface area contributed by atoms with Crippen LogP contribution in [0, 0.1) is 0 Å². The lowest BCUT2D eigenvalue weighted by molar-refractivity contribution is -0.137. The van der Waals surface area contributed by atoms with Crippen LogP contribution in [-0.4, -0.2) is 17.6 Å². The summed E-state index contributed by atoms with van der Waals surface area (Å²) in [6, 6.07) is 7.11. The first-order valence-electron chi connectivity index (χ1n) is 6.70. The molecule has 7 heteroatoms. The molecule has 0 aliphatic carbocycles. The summed E-state index contributed by atoms with van der Waals surface area (Å²) in [4.78, 5) is 11.8. The number of aliphatic hydroxyl groups excluding tert-OH is 1. The molecule has 1 heterocycles.